The minimum Gasteiger partial charge on any atom is -0.192 e. The molecule has 0 saturated heterocycles. The Morgan fingerprint density at radius 1 is 0.739 bits per heavy atom. The topological polar surface area (TPSA) is 23.8 Å². The fourth-order valence-corrected chi connectivity index (χ4v) is 3.21. The van der Waals surface area contributed by atoms with E-state index in [1.54, 1.807) is 0 Å². The Morgan fingerprint density at radius 2 is 1.48 bits per heavy atom. The van der Waals surface area contributed by atoms with Gasteiger partial charge in [-0.15, -0.1) is 0 Å². The van der Waals surface area contributed by atoms with E-state index in [-0.39, 0.29) is 0 Å². The van der Waals surface area contributed by atoms with Crippen LogP contribution in [-0.2, 0) is 0 Å². The van der Waals surface area contributed by atoms with Gasteiger partial charge in [0.2, 0.25) is 0 Å². The van der Waals surface area contributed by atoms with E-state index in [1.807, 2.05) is 24.3 Å². The summed E-state index contributed by atoms with van der Waals surface area (Å²) in [5, 5.41) is 14.0. The van der Waals surface area contributed by atoms with Crippen LogP contribution in [0.3, 0.4) is 0 Å². The van der Waals surface area contributed by atoms with E-state index >= 15 is 0 Å². The van der Waals surface area contributed by atoms with Gasteiger partial charge in [0.15, 0.2) is 0 Å². The van der Waals surface area contributed by atoms with Crippen LogP contribution in [0.15, 0.2) is 72.8 Å². The summed E-state index contributed by atoms with van der Waals surface area (Å²) in [6.07, 6.45) is 0. The van der Waals surface area contributed by atoms with Crippen molar-refractivity contribution < 1.29 is 0 Å². The van der Waals surface area contributed by atoms with Crippen LogP contribution in [0.4, 0.5) is 0 Å². The molecule has 0 spiro atoms. The molecule has 0 bridgehead atoms. The van der Waals surface area contributed by atoms with Gasteiger partial charge in [0.1, 0.15) is 0 Å². The van der Waals surface area contributed by atoms with Crippen LogP contribution >= 0.6 is 0 Å². The number of nitrogens with zero attached hydrogens (tertiary/aromatic N) is 1. The van der Waals surface area contributed by atoms with E-state index in [9.17, 15) is 0 Å². The second-order valence-electron chi connectivity index (χ2n) is 5.89. The minimum absolute atomic E-state index is 0.689. The molecule has 0 saturated carbocycles. The zero-order chi connectivity index (χ0) is 15.8. The molecule has 4 rings (SSSR count). The minimum atomic E-state index is 0.689. The molecule has 108 valence electrons. The summed E-state index contributed by atoms with van der Waals surface area (Å²) in [6, 6.07) is 27.4. The smallest absolute Gasteiger partial charge is 0.0991 e. The average Bonchev–Trinajstić information content (AvgIpc) is 2.59. The number of rotatable bonds is 1. The highest BCUT2D eigenvalue weighted by molar-refractivity contribution is 6.12. The molecule has 0 unspecified atom stereocenters. The average molecular weight is 293 g/mol. The number of hydrogen-bond donors (Lipinski definition) is 0. The summed E-state index contributed by atoms with van der Waals surface area (Å²) in [5.74, 6) is 0. The molecule has 0 aromatic heterocycles. The summed E-state index contributed by atoms with van der Waals surface area (Å²) >= 11 is 0. The Balaban J connectivity index is 2.14. The highest BCUT2D eigenvalue weighted by Crippen LogP contribution is 2.36. The quantitative estimate of drug-likeness (QED) is 0.404. The lowest BCUT2D eigenvalue weighted by molar-refractivity contribution is 1.48. The third-order valence-corrected chi connectivity index (χ3v) is 4.32. The lowest BCUT2D eigenvalue weighted by atomic mass is 9.91. The van der Waals surface area contributed by atoms with Crippen molar-refractivity contribution in [2.24, 2.45) is 0 Å². The monoisotopic (exact) mass is 293 g/mol. The van der Waals surface area contributed by atoms with Crippen LogP contribution in [0.5, 0.6) is 0 Å². The van der Waals surface area contributed by atoms with Crippen LogP contribution < -0.4 is 0 Å². The molecule has 0 N–H and O–H groups in total. The molecule has 0 heterocycles. The van der Waals surface area contributed by atoms with Crippen LogP contribution in [-0.4, -0.2) is 0 Å². The molecule has 4 aromatic carbocycles. The van der Waals surface area contributed by atoms with Crippen molar-refractivity contribution in [2.75, 3.05) is 0 Å². The first-order valence-electron chi connectivity index (χ1n) is 7.69. The molecule has 0 aliphatic rings. The van der Waals surface area contributed by atoms with Gasteiger partial charge in [-0.25, -0.2) is 0 Å². The van der Waals surface area contributed by atoms with Gasteiger partial charge >= 0.3 is 0 Å². The molecule has 0 fully saturated rings. The normalized spacial score (nSPS) is 10.8. The van der Waals surface area contributed by atoms with E-state index in [4.69, 9.17) is 5.26 Å². The Hall–Kier alpha value is -3.11. The van der Waals surface area contributed by atoms with Crippen molar-refractivity contribution in [2.45, 2.75) is 6.92 Å². The maximum absolute atomic E-state index is 9.02. The van der Waals surface area contributed by atoms with Gasteiger partial charge in [-0.2, -0.15) is 5.26 Å². The fraction of sp³-hybridized carbons (Fsp3) is 0.0455. The molecular weight excluding hydrogens is 278 g/mol. The van der Waals surface area contributed by atoms with Gasteiger partial charge in [-0.3, -0.25) is 0 Å². The maximum atomic E-state index is 9.02. The number of benzene rings is 4. The van der Waals surface area contributed by atoms with Crippen molar-refractivity contribution in [3.63, 3.8) is 0 Å². The molecule has 1 nitrogen and oxygen atoms in total. The predicted octanol–water partition coefficient (Wildman–Crippen LogP) is 5.84. The molecule has 0 radical (unpaired) electrons. The first-order chi connectivity index (χ1) is 11.3. The largest absolute Gasteiger partial charge is 0.192 e. The third kappa shape index (κ3) is 2.25. The van der Waals surface area contributed by atoms with E-state index < -0.39 is 0 Å². The second kappa shape index (κ2) is 5.26. The number of fused-ring (bicyclic) bond motifs is 2. The Kier molecular flexibility index (Phi) is 3.10. The van der Waals surface area contributed by atoms with Crippen molar-refractivity contribution >= 4 is 21.5 Å². The second-order valence-corrected chi connectivity index (χ2v) is 5.89. The molecule has 0 atom stereocenters. The standard InChI is InChI=1S/C22H15N/c1-15-6-11-21-19(12-15)13-18-4-2-3-5-20(18)22(21)17-9-7-16(14-23)8-10-17/h2-13H,1H3. The Morgan fingerprint density at radius 3 is 2.26 bits per heavy atom. The van der Waals surface area contributed by atoms with E-state index in [1.165, 1.54) is 32.7 Å². The SMILES string of the molecule is Cc1ccc2c(-c3ccc(C#N)cc3)c3ccccc3cc2c1. The van der Waals surface area contributed by atoms with Crippen molar-refractivity contribution in [3.8, 4) is 17.2 Å². The van der Waals surface area contributed by atoms with E-state index in [0.717, 1.165) is 5.56 Å². The third-order valence-electron chi connectivity index (χ3n) is 4.32. The predicted molar refractivity (Wildman–Crippen MR) is 96.3 cm³/mol. The molecule has 23 heavy (non-hydrogen) atoms. The van der Waals surface area contributed by atoms with Gasteiger partial charge in [-0.05, 0) is 57.8 Å². The number of nitriles is 1. The zero-order valence-corrected chi connectivity index (χ0v) is 12.9. The fourth-order valence-electron chi connectivity index (χ4n) is 3.21. The molecule has 0 amide bonds. The van der Waals surface area contributed by atoms with Gasteiger partial charge < -0.3 is 0 Å². The van der Waals surface area contributed by atoms with Crippen LogP contribution in [0.25, 0.3) is 32.7 Å². The summed E-state index contributed by atoms with van der Waals surface area (Å²) in [7, 11) is 0. The lowest BCUT2D eigenvalue weighted by Crippen LogP contribution is -1.87. The summed E-state index contributed by atoms with van der Waals surface area (Å²) < 4.78 is 0. The maximum Gasteiger partial charge on any atom is 0.0991 e. The van der Waals surface area contributed by atoms with Crippen molar-refractivity contribution in [1.82, 2.24) is 0 Å². The summed E-state index contributed by atoms with van der Waals surface area (Å²) in [6.45, 7) is 2.12. The molecule has 1 heteroatoms. The van der Waals surface area contributed by atoms with Crippen LogP contribution in [0.1, 0.15) is 11.1 Å². The van der Waals surface area contributed by atoms with Gasteiger partial charge in [0.05, 0.1) is 11.6 Å². The van der Waals surface area contributed by atoms with E-state index in [2.05, 4.69) is 61.5 Å². The highest BCUT2D eigenvalue weighted by atomic mass is 14.2. The summed E-state index contributed by atoms with van der Waals surface area (Å²) in [4.78, 5) is 0. The lowest BCUT2D eigenvalue weighted by Gasteiger charge is -2.12. The molecule has 4 aromatic rings. The summed E-state index contributed by atoms with van der Waals surface area (Å²) in [5.41, 5.74) is 4.34. The Labute approximate surface area is 135 Å². The molecule has 0 aliphatic carbocycles. The van der Waals surface area contributed by atoms with Gasteiger partial charge in [0, 0.05) is 0 Å². The zero-order valence-electron chi connectivity index (χ0n) is 12.9. The molecule has 0 aliphatic heterocycles. The highest BCUT2D eigenvalue weighted by Gasteiger charge is 2.10. The number of hydrogen-bond acceptors (Lipinski definition) is 1. The van der Waals surface area contributed by atoms with Crippen molar-refractivity contribution in [3.05, 3.63) is 83.9 Å². The Bertz CT molecular complexity index is 1070. The first kappa shape index (κ1) is 13.5. The van der Waals surface area contributed by atoms with Crippen LogP contribution in [0.2, 0.25) is 0 Å². The molecular formula is C22H15N. The number of aryl methyl sites for hydroxylation is 1. The van der Waals surface area contributed by atoms with Gasteiger partial charge in [-0.1, -0.05) is 60.2 Å². The van der Waals surface area contributed by atoms with Crippen molar-refractivity contribution in [1.29, 1.82) is 5.26 Å². The van der Waals surface area contributed by atoms with Gasteiger partial charge in [0.25, 0.3) is 0 Å². The van der Waals surface area contributed by atoms with E-state index in [0.29, 0.717) is 5.56 Å². The van der Waals surface area contributed by atoms with Crippen LogP contribution in [0, 0.1) is 18.3 Å². The first-order valence-corrected chi connectivity index (χ1v) is 7.69.